The molecule has 6 rings (SSSR count). The Balaban J connectivity index is 1.71. The number of aromatic hydroxyl groups is 2. The quantitative estimate of drug-likeness (QED) is 0.168. The molecule has 0 aliphatic rings. The molecule has 0 heterocycles. The van der Waals surface area contributed by atoms with Crippen LogP contribution in [0.5, 0.6) is 23.0 Å². The van der Waals surface area contributed by atoms with Gasteiger partial charge in [-0.15, -0.1) is 0 Å². The molecule has 7 nitrogen and oxygen atoms in total. The van der Waals surface area contributed by atoms with Crippen LogP contribution in [0.1, 0.15) is 20.7 Å². The lowest BCUT2D eigenvalue weighted by Gasteiger charge is -2.21. The fourth-order valence-electron chi connectivity index (χ4n) is 5.08. The van der Waals surface area contributed by atoms with Gasteiger partial charge in [0.25, 0.3) is 0 Å². The monoisotopic (exact) mass is 542 g/mol. The maximum absolute atomic E-state index is 12.3. The first-order valence-electron chi connectivity index (χ1n) is 12.7. The topological polar surface area (TPSA) is 124 Å². The van der Waals surface area contributed by atoms with Crippen molar-refractivity contribution >= 4 is 33.5 Å². The van der Waals surface area contributed by atoms with Crippen LogP contribution in [0.15, 0.2) is 109 Å². The number of rotatable bonds is 6. The number of carbonyl (C=O) groups is 2. The Morgan fingerprint density at radius 3 is 1.17 bits per heavy atom. The van der Waals surface area contributed by atoms with Crippen molar-refractivity contribution in [1.29, 1.82) is 0 Å². The molecule has 0 saturated carbocycles. The summed E-state index contributed by atoms with van der Waals surface area (Å²) < 4.78 is 6.80. The molecule has 0 unspecified atom stereocenters. The minimum Gasteiger partial charge on any atom is -0.508 e. The zero-order valence-electron chi connectivity index (χ0n) is 21.4. The first kappa shape index (κ1) is 25.5. The van der Waals surface area contributed by atoms with Gasteiger partial charge in [-0.2, -0.15) is 0 Å². The van der Waals surface area contributed by atoms with E-state index in [1.165, 1.54) is 24.3 Å². The summed E-state index contributed by atoms with van der Waals surface area (Å²) in [6.07, 6.45) is 0. The van der Waals surface area contributed by atoms with Gasteiger partial charge in [-0.25, -0.2) is 9.59 Å². The average molecular weight is 543 g/mol. The molecule has 0 amide bonds. The van der Waals surface area contributed by atoms with Crippen LogP contribution >= 0.6 is 0 Å². The Kier molecular flexibility index (Phi) is 6.24. The zero-order chi connectivity index (χ0) is 28.7. The lowest BCUT2D eigenvalue weighted by Crippen LogP contribution is -2.03. The summed E-state index contributed by atoms with van der Waals surface area (Å²) >= 11 is 0. The average Bonchev–Trinajstić information content (AvgIpc) is 2.98. The molecule has 4 N–H and O–H groups in total. The van der Waals surface area contributed by atoms with Gasteiger partial charge in [0.05, 0.1) is 11.1 Å². The van der Waals surface area contributed by atoms with Gasteiger partial charge < -0.3 is 25.2 Å². The molecular formula is C34H22O7. The summed E-state index contributed by atoms with van der Waals surface area (Å²) in [5.41, 5.74) is 2.35. The minimum atomic E-state index is -1.10. The lowest BCUT2D eigenvalue weighted by molar-refractivity contribution is 0.0688. The van der Waals surface area contributed by atoms with E-state index < -0.39 is 11.9 Å². The van der Waals surface area contributed by atoms with Gasteiger partial charge in [-0.05, 0) is 58.3 Å². The molecule has 0 aliphatic heterocycles. The van der Waals surface area contributed by atoms with Gasteiger partial charge in [0.2, 0.25) is 0 Å². The van der Waals surface area contributed by atoms with Crippen molar-refractivity contribution in [3.05, 3.63) is 120 Å². The predicted octanol–water partition coefficient (Wildman–Crippen LogP) is 7.93. The van der Waals surface area contributed by atoms with E-state index >= 15 is 0 Å². The number of phenolic OH excluding ortho intramolecular Hbond substituents is 2. The normalized spacial score (nSPS) is 11.0. The number of hydrogen-bond donors (Lipinski definition) is 4. The second-order valence-corrected chi connectivity index (χ2v) is 9.50. The van der Waals surface area contributed by atoms with Gasteiger partial charge in [0.15, 0.2) is 0 Å². The zero-order valence-corrected chi connectivity index (χ0v) is 21.4. The van der Waals surface area contributed by atoms with E-state index in [9.17, 15) is 30.0 Å². The van der Waals surface area contributed by atoms with Crippen molar-refractivity contribution in [2.24, 2.45) is 0 Å². The van der Waals surface area contributed by atoms with E-state index in [0.717, 1.165) is 0 Å². The van der Waals surface area contributed by atoms with Crippen molar-refractivity contribution in [3.8, 4) is 45.3 Å². The van der Waals surface area contributed by atoms with Crippen LogP contribution in [0.4, 0.5) is 0 Å². The standard InChI is InChI=1S/C34H22O7/c35-21-13-9-19(10-14-21)27-17-29(33(37)38)23-5-1-3-7-25(23)31(27)41-32-26-8-4-2-6-24(26)30(34(39)40)18-28(32)20-11-15-22(36)16-12-20/h1-18,35-36H,(H,37,38)(H,39,40). The highest BCUT2D eigenvalue weighted by molar-refractivity contribution is 6.11. The Labute approximate surface area is 233 Å². The summed E-state index contributed by atoms with van der Waals surface area (Å²) in [6.45, 7) is 0. The fraction of sp³-hybridized carbons (Fsp3) is 0. The Bertz CT molecular complexity index is 1830. The van der Waals surface area contributed by atoms with Gasteiger partial charge in [0, 0.05) is 21.9 Å². The third kappa shape index (κ3) is 4.55. The van der Waals surface area contributed by atoms with E-state index in [-0.39, 0.29) is 22.6 Å². The predicted molar refractivity (Wildman–Crippen MR) is 156 cm³/mol. The molecule has 0 bridgehead atoms. The number of carboxylic acid groups (broad SMARTS) is 2. The van der Waals surface area contributed by atoms with Gasteiger partial charge in [0.1, 0.15) is 23.0 Å². The Morgan fingerprint density at radius 2 is 0.829 bits per heavy atom. The Morgan fingerprint density at radius 1 is 0.488 bits per heavy atom. The largest absolute Gasteiger partial charge is 0.508 e. The molecule has 0 atom stereocenters. The van der Waals surface area contributed by atoms with Gasteiger partial charge in [-0.1, -0.05) is 72.8 Å². The molecule has 6 aromatic carbocycles. The van der Waals surface area contributed by atoms with Crippen LogP contribution in [-0.4, -0.2) is 32.4 Å². The molecular weight excluding hydrogens is 520 g/mol. The fourth-order valence-corrected chi connectivity index (χ4v) is 5.08. The van der Waals surface area contributed by atoms with Crippen molar-refractivity contribution < 1.29 is 34.8 Å². The molecule has 0 aromatic heterocycles. The van der Waals surface area contributed by atoms with Crippen LogP contribution in [-0.2, 0) is 0 Å². The molecule has 200 valence electrons. The number of hydrogen-bond acceptors (Lipinski definition) is 5. The second-order valence-electron chi connectivity index (χ2n) is 9.50. The maximum atomic E-state index is 12.3. The van der Waals surface area contributed by atoms with Crippen molar-refractivity contribution in [2.45, 2.75) is 0 Å². The molecule has 41 heavy (non-hydrogen) atoms. The highest BCUT2D eigenvalue weighted by atomic mass is 16.5. The SMILES string of the molecule is O=C(O)c1cc(-c2ccc(O)cc2)c(Oc2c(-c3ccc(O)cc3)cc(C(=O)O)c3ccccc23)c2ccccc12. The number of carboxylic acids is 2. The number of aromatic carboxylic acids is 2. The third-order valence-corrected chi connectivity index (χ3v) is 7.01. The molecule has 0 radical (unpaired) electrons. The highest BCUT2D eigenvalue weighted by Crippen LogP contribution is 2.47. The number of phenols is 2. The van der Waals surface area contributed by atoms with Gasteiger partial charge in [-0.3, -0.25) is 0 Å². The van der Waals surface area contributed by atoms with E-state index in [0.29, 0.717) is 55.3 Å². The van der Waals surface area contributed by atoms with Crippen LogP contribution in [0.25, 0.3) is 43.8 Å². The number of fused-ring (bicyclic) bond motifs is 2. The summed E-state index contributed by atoms with van der Waals surface area (Å²) in [5.74, 6) is -1.36. The molecule has 6 aromatic rings. The Hall–Kier alpha value is -5.82. The van der Waals surface area contributed by atoms with Crippen LogP contribution in [0.2, 0.25) is 0 Å². The van der Waals surface area contributed by atoms with Crippen molar-refractivity contribution in [2.75, 3.05) is 0 Å². The van der Waals surface area contributed by atoms with E-state index in [2.05, 4.69) is 0 Å². The molecule has 0 spiro atoms. The van der Waals surface area contributed by atoms with E-state index in [4.69, 9.17) is 4.74 Å². The first-order chi connectivity index (χ1) is 19.8. The summed E-state index contributed by atoms with van der Waals surface area (Å²) in [7, 11) is 0. The van der Waals surface area contributed by atoms with Crippen LogP contribution < -0.4 is 4.74 Å². The molecule has 7 heteroatoms. The summed E-state index contributed by atoms with van der Waals surface area (Å²) in [4.78, 5) is 24.6. The van der Waals surface area contributed by atoms with Crippen LogP contribution in [0.3, 0.4) is 0 Å². The third-order valence-electron chi connectivity index (χ3n) is 7.01. The smallest absolute Gasteiger partial charge is 0.336 e. The van der Waals surface area contributed by atoms with Crippen molar-refractivity contribution in [3.63, 3.8) is 0 Å². The molecule has 0 fully saturated rings. The second kappa shape index (κ2) is 10.1. The van der Waals surface area contributed by atoms with E-state index in [1.807, 2.05) is 0 Å². The number of benzene rings is 6. The van der Waals surface area contributed by atoms with Gasteiger partial charge >= 0.3 is 11.9 Å². The minimum absolute atomic E-state index is 0.0559. The maximum Gasteiger partial charge on any atom is 0.336 e. The lowest BCUT2D eigenvalue weighted by atomic mass is 9.93. The summed E-state index contributed by atoms with van der Waals surface area (Å²) in [5, 5.41) is 41.9. The molecule has 0 aliphatic carbocycles. The summed E-state index contributed by atoms with van der Waals surface area (Å²) in [6, 6.07) is 29.8. The highest BCUT2D eigenvalue weighted by Gasteiger charge is 2.23. The number of ether oxygens (including phenoxy) is 1. The first-order valence-corrected chi connectivity index (χ1v) is 12.7. The van der Waals surface area contributed by atoms with E-state index in [1.54, 1.807) is 84.9 Å². The van der Waals surface area contributed by atoms with Crippen LogP contribution in [0, 0.1) is 0 Å². The van der Waals surface area contributed by atoms with Crippen molar-refractivity contribution in [1.82, 2.24) is 0 Å². The molecule has 0 saturated heterocycles.